The highest BCUT2D eigenvalue weighted by Gasteiger charge is 2.67. The van der Waals surface area contributed by atoms with Gasteiger partial charge in [-0.2, -0.15) is 23.4 Å². The zero-order valence-corrected chi connectivity index (χ0v) is 26.0. The Hall–Kier alpha value is -3.89. The molecule has 2 bridgehead atoms. The number of likely N-dealkylation sites (tertiary alicyclic amines) is 1. The highest BCUT2D eigenvalue weighted by molar-refractivity contribution is 7.18. The van der Waals surface area contributed by atoms with Crippen molar-refractivity contribution in [2.75, 3.05) is 30.8 Å². The number of nitriles is 1. The number of fused-ring (bicyclic) bond motifs is 2. The van der Waals surface area contributed by atoms with E-state index in [1.165, 1.54) is 11.1 Å². The Morgan fingerprint density at radius 3 is 2.58 bits per heavy atom. The van der Waals surface area contributed by atoms with Crippen LogP contribution >= 0.6 is 11.3 Å². The van der Waals surface area contributed by atoms with Gasteiger partial charge in [-0.3, -0.25) is 9.69 Å². The Morgan fingerprint density at radius 2 is 1.91 bits per heavy atom. The Bertz CT molecular complexity index is 1810. The molecular formula is C32H35F3N8OS. The second-order valence-electron chi connectivity index (χ2n) is 13.1. The number of aryl methyl sites for hydroxylation is 1. The number of anilines is 2. The van der Waals surface area contributed by atoms with Gasteiger partial charge in [0, 0.05) is 60.6 Å². The van der Waals surface area contributed by atoms with Gasteiger partial charge >= 0.3 is 6.18 Å². The van der Waals surface area contributed by atoms with Crippen molar-refractivity contribution in [1.29, 1.82) is 5.26 Å². The van der Waals surface area contributed by atoms with Gasteiger partial charge in [0.2, 0.25) is 12.4 Å². The monoisotopic (exact) mass is 636 g/mol. The molecule has 45 heavy (non-hydrogen) atoms. The van der Waals surface area contributed by atoms with Crippen LogP contribution < -0.4 is 16.0 Å². The minimum Gasteiger partial charge on any atom is -0.367 e. The van der Waals surface area contributed by atoms with Crippen LogP contribution in [0, 0.1) is 23.7 Å². The van der Waals surface area contributed by atoms with Crippen LogP contribution in [0.3, 0.4) is 0 Å². The molecule has 4 fully saturated rings. The normalized spacial score (nSPS) is 23.4. The average Bonchev–Trinajstić information content (AvgIpc) is 3.53. The summed E-state index contributed by atoms with van der Waals surface area (Å²) >= 11 is 1.05. The van der Waals surface area contributed by atoms with Crippen LogP contribution in [-0.4, -0.2) is 63.7 Å². The number of benzene rings is 1. The first kappa shape index (κ1) is 29.8. The lowest BCUT2D eigenvalue weighted by atomic mass is 9.39. The molecule has 0 spiro atoms. The maximum Gasteiger partial charge on any atom is 0.393 e. The van der Waals surface area contributed by atoms with Crippen molar-refractivity contribution >= 4 is 50.6 Å². The summed E-state index contributed by atoms with van der Waals surface area (Å²) in [4.78, 5) is 23.1. The number of halogens is 3. The minimum atomic E-state index is -4.28. The van der Waals surface area contributed by atoms with Gasteiger partial charge in [0.05, 0.1) is 11.8 Å². The molecule has 0 unspecified atom stereocenters. The van der Waals surface area contributed by atoms with E-state index in [1.54, 1.807) is 13.1 Å². The summed E-state index contributed by atoms with van der Waals surface area (Å²) in [5.41, 5.74) is 4.33. The van der Waals surface area contributed by atoms with E-state index in [2.05, 4.69) is 60.5 Å². The minimum absolute atomic E-state index is 0.0235. The van der Waals surface area contributed by atoms with E-state index in [9.17, 15) is 23.2 Å². The molecule has 1 amide bonds. The summed E-state index contributed by atoms with van der Waals surface area (Å²) in [6.07, 6.45) is 0.205. The number of nitrogens with zero attached hydrogens (tertiary/aromatic N) is 5. The van der Waals surface area contributed by atoms with Crippen LogP contribution in [0.25, 0.3) is 21.1 Å². The number of carbonyl (C=O) groups is 1. The predicted molar refractivity (Wildman–Crippen MR) is 168 cm³/mol. The molecule has 3 aromatic heterocycles. The third-order valence-electron chi connectivity index (χ3n) is 9.94. The number of hydrogen-bond acceptors (Lipinski definition) is 8. The van der Waals surface area contributed by atoms with E-state index in [-0.39, 0.29) is 21.9 Å². The first-order valence-electron chi connectivity index (χ1n) is 15.3. The Kier molecular flexibility index (Phi) is 7.20. The number of amides is 1. The molecule has 3 N–H and O–H groups in total. The van der Waals surface area contributed by atoms with Gasteiger partial charge in [-0.15, -0.1) is 11.3 Å². The van der Waals surface area contributed by atoms with Crippen molar-refractivity contribution in [2.45, 2.75) is 76.3 Å². The lowest BCUT2D eigenvalue weighted by Gasteiger charge is -2.70. The maximum atomic E-state index is 13.0. The van der Waals surface area contributed by atoms with Gasteiger partial charge in [0.25, 0.3) is 0 Å². The molecular weight excluding hydrogens is 601 g/mol. The number of hydrogen-bond donors (Lipinski definition) is 3. The van der Waals surface area contributed by atoms with E-state index in [0.717, 1.165) is 86.9 Å². The van der Waals surface area contributed by atoms with Crippen LogP contribution in [0.2, 0.25) is 0 Å². The number of rotatable bonds is 10. The van der Waals surface area contributed by atoms with Gasteiger partial charge in [-0.1, -0.05) is 6.07 Å². The van der Waals surface area contributed by atoms with Crippen LogP contribution in [0.5, 0.6) is 0 Å². The van der Waals surface area contributed by atoms with E-state index in [0.29, 0.717) is 27.7 Å². The van der Waals surface area contributed by atoms with Crippen molar-refractivity contribution in [3.8, 4) is 6.07 Å². The standard InChI is InChI=1S/C32H35F3N8OS/c1-19-20(3-4-26-24(19)9-22(12-36)43(26)17-30-14-31(15-30,16-30)38-18-44)13-42-7-5-21(6-8-42)39-27-25-10-23(11-32(33,34)35)45-28(25)41-29(37-2)40-27/h3-4,9-10,18,21H,5-8,11,13-17H2,1-2H3,(H,38,44)(H2,37,39,40,41). The van der Waals surface area contributed by atoms with E-state index in [1.807, 2.05) is 6.07 Å². The molecule has 0 radical (unpaired) electrons. The van der Waals surface area contributed by atoms with Crippen molar-refractivity contribution < 1.29 is 18.0 Å². The number of nitrogens with one attached hydrogen (secondary N) is 3. The number of carbonyl (C=O) groups excluding carboxylic acids is 1. The molecule has 3 aliphatic carbocycles. The molecule has 13 heteroatoms. The SMILES string of the molecule is CNc1nc(NC2CCN(Cc3ccc4c(cc(C#N)n4CC45CC(NC=O)(C4)C5)c3C)CC2)c2cc(CC(F)(F)F)sc2n1. The Balaban J connectivity index is 1.02. The number of aromatic nitrogens is 3. The molecule has 4 aliphatic rings. The Morgan fingerprint density at radius 1 is 1.16 bits per heavy atom. The smallest absolute Gasteiger partial charge is 0.367 e. The summed E-state index contributed by atoms with van der Waals surface area (Å²) < 4.78 is 41.3. The third kappa shape index (κ3) is 5.48. The molecule has 1 saturated heterocycles. The van der Waals surface area contributed by atoms with Crippen molar-refractivity contribution in [1.82, 2.24) is 24.8 Å². The van der Waals surface area contributed by atoms with Crippen LogP contribution in [0.15, 0.2) is 24.3 Å². The van der Waals surface area contributed by atoms with Gasteiger partial charge in [0.1, 0.15) is 22.4 Å². The first-order chi connectivity index (χ1) is 21.5. The second kappa shape index (κ2) is 10.9. The van der Waals surface area contributed by atoms with Crippen molar-refractivity contribution in [3.05, 3.63) is 46.0 Å². The summed E-state index contributed by atoms with van der Waals surface area (Å²) in [5, 5.41) is 21.1. The molecule has 4 heterocycles. The average molecular weight is 637 g/mol. The topological polar surface area (TPSA) is 111 Å². The lowest BCUT2D eigenvalue weighted by molar-refractivity contribution is -0.166. The fourth-order valence-electron chi connectivity index (χ4n) is 7.88. The fraction of sp³-hybridized carbons (Fsp3) is 0.500. The van der Waals surface area contributed by atoms with E-state index < -0.39 is 12.6 Å². The summed E-state index contributed by atoms with van der Waals surface area (Å²) in [6, 6.07) is 10.4. The Labute approximate surface area is 262 Å². The van der Waals surface area contributed by atoms with E-state index >= 15 is 0 Å². The highest BCUT2D eigenvalue weighted by Crippen LogP contribution is 2.68. The first-order valence-corrected chi connectivity index (χ1v) is 16.1. The molecule has 0 atom stereocenters. The predicted octanol–water partition coefficient (Wildman–Crippen LogP) is 5.72. The zero-order chi connectivity index (χ0) is 31.6. The molecule has 1 aliphatic heterocycles. The molecule has 4 aromatic rings. The van der Waals surface area contributed by atoms with Gasteiger partial charge < -0.3 is 20.5 Å². The fourth-order valence-corrected chi connectivity index (χ4v) is 8.94. The quantitative estimate of drug-likeness (QED) is 0.191. The molecule has 9 nitrogen and oxygen atoms in total. The largest absolute Gasteiger partial charge is 0.393 e. The molecule has 3 saturated carbocycles. The van der Waals surface area contributed by atoms with Gasteiger partial charge in [0.15, 0.2) is 0 Å². The summed E-state index contributed by atoms with van der Waals surface area (Å²) in [5.74, 6) is 0.950. The number of thiophene rings is 1. The lowest BCUT2D eigenvalue weighted by Crippen LogP contribution is -2.74. The third-order valence-corrected chi connectivity index (χ3v) is 11.0. The summed E-state index contributed by atoms with van der Waals surface area (Å²) in [6.45, 7) is 5.47. The summed E-state index contributed by atoms with van der Waals surface area (Å²) in [7, 11) is 1.70. The van der Waals surface area contributed by atoms with Crippen molar-refractivity contribution in [2.24, 2.45) is 5.41 Å². The highest BCUT2D eigenvalue weighted by atomic mass is 32.1. The molecule has 1 aromatic carbocycles. The van der Waals surface area contributed by atoms with Crippen LogP contribution in [0.1, 0.15) is 53.8 Å². The van der Waals surface area contributed by atoms with Crippen molar-refractivity contribution in [3.63, 3.8) is 0 Å². The van der Waals surface area contributed by atoms with E-state index in [4.69, 9.17) is 0 Å². The van der Waals surface area contributed by atoms with Crippen LogP contribution in [0.4, 0.5) is 24.9 Å². The number of piperidine rings is 1. The van der Waals surface area contributed by atoms with Crippen LogP contribution in [-0.2, 0) is 24.3 Å². The zero-order valence-electron chi connectivity index (χ0n) is 25.2. The maximum absolute atomic E-state index is 13.0. The van der Waals surface area contributed by atoms with Gasteiger partial charge in [-0.05, 0) is 73.8 Å². The van der Waals surface area contributed by atoms with Gasteiger partial charge in [-0.25, -0.2) is 4.98 Å². The second-order valence-corrected chi connectivity index (χ2v) is 14.3. The number of alkyl halides is 3. The molecule has 8 rings (SSSR count). The molecule has 236 valence electrons.